The van der Waals surface area contributed by atoms with Gasteiger partial charge in [0.25, 0.3) is 10.0 Å². The summed E-state index contributed by atoms with van der Waals surface area (Å²) in [6.45, 7) is 5.00. The van der Waals surface area contributed by atoms with Gasteiger partial charge in [-0.1, -0.05) is 0 Å². The zero-order valence-corrected chi connectivity index (χ0v) is 12.5. The quantitative estimate of drug-likeness (QED) is 0.770. The van der Waals surface area contributed by atoms with Gasteiger partial charge in [0.15, 0.2) is 4.21 Å². The number of hydrogen-bond acceptors (Lipinski definition) is 6. The maximum Gasteiger partial charge on any atom is 0.253 e. The van der Waals surface area contributed by atoms with E-state index in [1.54, 1.807) is 11.4 Å². The van der Waals surface area contributed by atoms with E-state index in [2.05, 4.69) is 14.9 Å². The van der Waals surface area contributed by atoms with Gasteiger partial charge in [-0.2, -0.15) is 0 Å². The second kappa shape index (κ2) is 6.67. The lowest BCUT2D eigenvalue weighted by Crippen LogP contribution is -2.46. The highest BCUT2D eigenvalue weighted by Crippen LogP contribution is 2.28. The van der Waals surface area contributed by atoms with Gasteiger partial charge in [0.2, 0.25) is 0 Å². The van der Waals surface area contributed by atoms with Crippen LogP contribution in [-0.2, 0) is 10.0 Å². The Labute approximate surface area is 117 Å². The molecule has 108 valence electrons. The largest absolute Gasteiger partial charge is 0.494 e. The molecule has 0 unspecified atom stereocenters. The molecule has 0 radical (unpaired) electrons. The zero-order chi connectivity index (χ0) is 13.7. The smallest absolute Gasteiger partial charge is 0.253 e. The number of piperazine rings is 1. The third-order valence-electron chi connectivity index (χ3n) is 2.99. The van der Waals surface area contributed by atoms with Gasteiger partial charge in [-0.3, -0.25) is 4.90 Å². The summed E-state index contributed by atoms with van der Waals surface area (Å²) in [4.78, 5) is 2.24. The molecule has 2 heterocycles. The van der Waals surface area contributed by atoms with Crippen molar-refractivity contribution in [2.75, 3.05) is 46.4 Å². The summed E-state index contributed by atoms with van der Waals surface area (Å²) >= 11 is 1.17. The molecule has 1 aliphatic rings. The van der Waals surface area contributed by atoms with E-state index in [1.807, 2.05) is 0 Å². The molecular formula is C11H19N3O3S2. The third-order valence-corrected chi connectivity index (χ3v) is 5.90. The Morgan fingerprint density at radius 1 is 1.47 bits per heavy atom. The maximum atomic E-state index is 12.1. The Hall–Kier alpha value is -0.670. The molecule has 1 fully saturated rings. The van der Waals surface area contributed by atoms with E-state index in [4.69, 9.17) is 4.74 Å². The molecule has 1 aromatic rings. The Balaban J connectivity index is 1.87. The van der Waals surface area contributed by atoms with E-state index >= 15 is 0 Å². The summed E-state index contributed by atoms with van der Waals surface area (Å²) < 4.78 is 32.1. The van der Waals surface area contributed by atoms with Crippen molar-refractivity contribution in [1.82, 2.24) is 14.9 Å². The number of ether oxygens (including phenoxy) is 1. The van der Waals surface area contributed by atoms with Crippen molar-refractivity contribution in [3.8, 4) is 5.75 Å². The van der Waals surface area contributed by atoms with Crippen LogP contribution in [0.2, 0.25) is 0 Å². The number of methoxy groups -OCH3 is 1. The molecule has 0 spiro atoms. The van der Waals surface area contributed by atoms with Crippen LogP contribution >= 0.6 is 11.3 Å². The number of nitrogens with zero attached hydrogens (tertiary/aromatic N) is 1. The van der Waals surface area contributed by atoms with Gasteiger partial charge < -0.3 is 10.1 Å². The fourth-order valence-electron chi connectivity index (χ4n) is 1.97. The summed E-state index contributed by atoms with van der Waals surface area (Å²) in [6, 6.07) is 1.66. The SMILES string of the molecule is COc1ccsc1S(=O)(=O)NCCN1CCNCC1. The van der Waals surface area contributed by atoms with Crippen molar-refractivity contribution >= 4 is 21.4 Å². The van der Waals surface area contributed by atoms with E-state index in [9.17, 15) is 8.42 Å². The lowest BCUT2D eigenvalue weighted by Gasteiger charge is -2.26. The normalized spacial score (nSPS) is 17.5. The molecule has 1 aliphatic heterocycles. The predicted molar refractivity (Wildman–Crippen MR) is 75.4 cm³/mol. The fourth-order valence-corrected chi connectivity index (χ4v) is 4.31. The average Bonchev–Trinajstić information content (AvgIpc) is 2.89. The van der Waals surface area contributed by atoms with Gasteiger partial charge in [-0.05, 0) is 11.4 Å². The molecule has 0 amide bonds. The molecule has 2 rings (SSSR count). The maximum absolute atomic E-state index is 12.1. The minimum absolute atomic E-state index is 0.246. The van der Waals surface area contributed by atoms with Crippen molar-refractivity contribution in [1.29, 1.82) is 0 Å². The Bertz CT molecular complexity index is 495. The van der Waals surface area contributed by atoms with Gasteiger partial charge in [-0.25, -0.2) is 13.1 Å². The highest BCUT2D eigenvalue weighted by Gasteiger charge is 2.21. The van der Waals surface area contributed by atoms with Crippen LogP contribution < -0.4 is 14.8 Å². The molecule has 19 heavy (non-hydrogen) atoms. The van der Waals surface area contributed by atoms with E-state index in [1.165, 1.54) is 18.4 Å². The second-order valence-electron chi connectivity index (χ2n) is 4.27. The average molecular weight is 305 g/mol. The standard InChI is InChI=1S/C11H19N3O3S2/c1-17-10-2-9-18-11(10)19(15,16)13-5-8-14-6-3-12-4-7-14/h2,9,12-13H,3-8H2,1H3. The number of thiophene rings is 1. The van der Waals surface area contributed by atoms with Crippen molar-refractivity contribution in [3.05, 3.63) is 11.4 Å². The minimum atomic E-state index is -3.46. The first-order valence-electron chi connectivity index (χ1n) is 6.18. The highest BCUT2D eigenvalue weighted by molar-refractivity contribution is 7.91. The monoisotopic (exact) mass is 305 g/mol. The van der Waals surface area contributed by atoms with E-state index in [0.717, 1.165) is 32.7 Å². The minimum Gasteiger partial charge on any atom is -0.494 e. The van der Waals surface area contributed by atoms with Crippen LogP contribution in [0.15, 0.2) is 15.7 Å². The fraction of sp³-hybridized carbons (Fsp3) is 0.636. The zero-order valence-electron chi connectivity index (χ0n) is 10.9. The van der Waals surface area contributed by atoms with Crippen LogP contribution in [0, 0.1) is 0 Å². The molecule has 0 aliphatic carbocycles. The number of sulfonamides is 1. The summed E-state index contributed by atoms with van der Waals surface area (Å²) in [6.07, 6.45) is 0. The second-order valence-corrected chi connectivity index (χ2v) is 7.14. The van der Waals surface area contributed by atoms with Crippen LogP contribution in [-0.4, -0.2) is 59.7 Å². The van der Waals surface area contributed by atoms with Crippen LogP contribution in [0.3, 0.4) is 0 Å². The molecule has 0 atom stereocenters. The molecule has 0 bridgehead atoms. The summed E-state index contributed by atoms with van der Waals surface area (Å²) in [5.41, 5.74) is 0. The van der Waals surface area contributed by atoms with Crippen molar-refractivity contribution in [2.45, 2.75) is 4.21 Å². The van der Waals surface area contributed by atoms with Crippen molar-refractivity contribution in [3.63, 3.8) is 0 Å². The molecule has 8 heteroatoms. The molecule has 1 aromatic heterocycles. The summed E-state index contributed by atoms with van der Waals surface area (Å²) in [5, 5.41) is 4.98. The summed E-state index contributed by atoms with van der Waals surface area (Å²) in [5.74, 6) is 0.402. The predicted octanol–water partition coefficient (Wildman–Crippen LogP) is -0.0598. The lowest BCUT2D eigenvalue weighted by molar-refractivity contribution is 0.245. The van der Waals surface area contributed by atoms with Crippen molar-refractivity contribution in [2.24, 2.45) is 0 Å². The Kier molecular flexibility index (Phi) is 5.17. The molecule has 0 saturated carbocycles. The number of hydrogen-bond donors (Lipinski definition) is 2. The van der Waals surface area contributed by atoms with E-state index in [0.29, 0.717) is 12.3 Å². The first-order valence-corrected chi connectivity index (χ1v) is 8.54. The first-order chi connectivity index (χ1) is 9.13. The van der Waals surface area contributed by atoms with Gasteiger partial charge >= 0.3 is 0 Å². The number of nitrogens with one attached hydrogen (secondary N) is 2. The van der Waals surface area contributed by atoms with Crippen LogP contribution in [0.25, 0.3) is 0 Å². The Morgan fingerprint density at radius 2 is 2.21 bits per heavy atom. The highest BCUT2D eigenvalue weighted by atomic mass is 32.2. The van der Waals surface area contributed by atoms with Gasteiger partial charge in [0.1, 0.15) is 5.75 Å². The molecule has 1 saturated heterocycles. The van der Waals surface area contributed by atoms with Crippen LogP contribution in [0.4, 0.5) is 0 Å². The lowest BCUT2D eigenvalue weighted by atomic mass is 10.3. The number of rotatable bonds is 6. The topological polar surface area (TPSA) is 70.7 Å². The van der Waals surface area contributed by atoms with Crippen LogP contribution in [0.1, 0.15) is 0 Å². The van der Waals surface area contributed by atoms with Gasteiger partial charge in [-0.15, -0.1) is 11.3 Å². The van der Waals surface area contributed by atoms with E-state index in [-0.39, 0.29) is 4.21 Å². The molecule has 0 aromatic carbocycles. The molecular weight excluding hydrogens is 286 g/mol. The van der Waals surface area contributed by atoms with Crippen LogP contribution in [0.5, 0.6) is 5.75 Å². The third kappa shape index (κ3) is 3.90. The van der Waals surface area contributed by atoms with Gasteiger partial charge in [0.05, 0.1) is 7.11 Å². The van der Waals surface area contributed by atoms with E-state index < -0.39 is 10.0 Å². The molecule has 6 nitrogen and oxygen atoms in total. The summed E-state index contributed by atoms with van der Waals surface area (Å²) in [7, 11) is -1.99. The van der Waals surface area contributed by atoms with Crippen molar-refractivity contribution < 1.29 is 13.2 Å². The first kappa shape index (κ1) is 14.7. The van der Waals surface area contributed by atoms with Gasteiger partial charge in [0, 0.05) is 39.3 Å². The Morgan fingerprint density at radius 3 is 2.89 bits per heavy atom. The molecule has 2 N–H and O–H groups in total.